The first-order valence-corrected chi connectivity index (χ1v) is 17.0. The lowest BCUT2D eigenvalue weighted by Gasteiger charge is -2.51. The molecule has 1 aliphatic carbocycles. The largest absolute Gasteiger partial charge is 0.449 e. The Morgan fingerprint density at radius 3 is 1.87 bits per heavy atom. The highest BCUT2D eigenvalue weighted by Crippen LogP contribution is 2.47. The molecule has 0 bridgehead atoms. The van der Waals surface area contributed by atoms with Crippen molar-refractivity contribution in [2.45, 2.75) is 91.5 Å². The number of hydrogen-bond acceptors (Lipinski definition) is 4. The van der Waals surface area contributed by atoms with Crippen LogP contribution in [0.2, 0.25) is 18.1 Å². The molecule has 3 rings (SSSR count). The summed E-state index contributed by atoms with van der Waals surface area (Å²) in [5, 5.41) is 13.6. The zero-order valence-corrected chi connectivity index (χ0v) is 26.0. The van der Waals surface area contributed by atoms with Gasteiger partial charge in [0, 0.05) is 23.3 Å². The molecule has 3 atom stereocenters. The topological polar surface area (TPSA) is 67.8 Å². The molecule has 1 aliphatic rings. The minimum absolute atomic E-state index is 0.0261. The first-order valence-electron chi connectivity index (χ1n) is 14.1. The van der Waals surface area contributed by atoms with Crippen molar-refractivity contribution in [2.75, 3.05) is 19.8 Å². The Kier molecular flexibility index (Phi) is 9.22. The molecule has 0 radical (unpaired) electrons. The quantitative estimate of drug-likeness (QED) is 0.287. The van der Waals surface area contributed by atoms with Crippen LogP contribution in [0.15, 0.2) is 48.5 Å². The molecule has 0 aliphatic heterocycles. The Bertz CT molecular complexity index is 1060. The van der Waals surface area contributed by atoms with E-state index in [0.717, 1.165) is 12.8 Å². The fraction of sp³-hybridized carbons (Fsp3) is 0.594. The highest BCUT2D eigenvalue weighted by Gasteiger charge is 2.50. The standard InChI is InChI=1S/C32H49NO4Si/c1-10-31(6,28(32(7,11-2)22-34)37-38(8,9)30(3,4)5)21-33-29(35)36-20-27-25-18-14-12-16-23(25)24-17-13-15-19-26(24)27/h12-19,27-28,34H,10-11,20-22H2,1-9H3,(H,33,35). The Balaban J connectivity index is 1.75. The summed E-state index contributed by atoms with van der Waals surface area (Å²) < 4.78 is 12.9. The van der Waals surface area contributed by atoms with Crippen LogP contribution >= 0.6 is 0 Å². The fourth-order valence-corrected chi connectivity index (χ4v) is 6.82. The lowest BCUT2D eigenvalue weighted by atomic mass is 9.67. The molecule has 3 unspecified atom stereocenters. The van der Waals surface area contributed by atoms with Gasteiger partial charge in [0.25, 0.3) is 0 Å². The highest BCUT2D eigenvalue weighted by atomic mass is 28.4. The van der Waals surface area contributed by atoms with E-state index < -0.39 is 19.8 Å². The molecular formula is C32H49NO4Si. The third-order valence-corrected chi connectivity index (χ3v) is 13.9. The van der Waals surface area contributed by atoms with Gasteiger partial charge in [-0.1, -0.05) is 97.0 Å². The first kappa shape index (κ1) is 30.4. The van der Waals surface area contributed by atoms with Gasteiger partial charge in [-0.3, -0.25) is 0 Å². The summed E-state index contributed by atoms with van der Waals surface area (Å²) in [6, 6.07) is 16.7. The summed E-state index contributed by atoms with van der Waals surface area (Å²) >= 11 is 0. The van der Waals surface area contributed by atoms with Gasteiger partial charge in [0.2, 0.25) is 0 Å². The van der Waals surface area contributed by atoms with Crippen molar-refractivity contribution in [3.05, 3.63) is 59.7 Å². The molecule has 38 heavy (non-hydrogen) atoms. The molecule has 210 valence electrons. The fourth-order valence-electron chi connectivity index (χ4n) is 5.30. The van der Waals surface area contributed by atoms with Crippen molar-refractivity contribution >= 4 is 14.4 Å². The van der Waals surface area contributed by atoms with Gasteiger partial charge < -0.3 is 19.6 Å². The zero-order valence-electron chi connectivity index (χ0n) is 25.0. The predicted octanol–water partition coefficient (Wildman–Crippen LogP) is 7.74. The third-order valence-electron chi connectivity index (χ3n) is 9.44. The summed E-state index contributed by atoms with van der Waals surface area (Å²) in [6.45, 7) is 20.4. The van der Waals surface area contributed by atoms with Crippen LogP contribution in [0.5, 0.6) is 0 Å². The number of rotatable bonds is 11. The number of carbonyl (C=O) groups excluding carboxylic acids is 1. The van der Waals surface area contributed by atoms with Crippen molar-refractivity contribution in [3.63, 3.8) is 0 Å². The molecular weight excluding hydrogens is 490 g/mol. The zero-order chi connectivity index (χ0) is 28.4. The lowest BCUT2D eigenvalue weighted by Crippen LogP contribution is -2.58. The number of nitrogens with one attached hydrogen (secondary N) is 1. The van der Waals surface area contributed by atoms with Gasteiger partial charge in [-0.25, -0.2) is 4.79 Å². The number of aliphatic hydroxyl groups excluding tert-OH is 1. The summed E-state index contributed by atoms with van der Waals surface area (Å²) in [5.74, 6) is 0.0261. The van der Waals surface area contributed by atoms with Crippen molar-refractivity contribution in [2.24, 2.45) is 10.8 Å². The van der Waals surface area contributed by atoms with Gasteiger partial charge in [-0.05, 0) is 53.2 Å². The number of fused-ring (bicyclic) bond motifs is 3. The molecule has 0 saturated carbocycles. The van der Waals surface area contributed by atoms with E-state index >= 15 is 0 Å². The molecule has 2 N–H and O–H groups in total. The van der Waals surface area contributed by atoms with E-state index in [-0.39, 0.29) is 35.7 Å². The van der Waals surface area contributed by atoms with Crippen LogP contribution in [0.1, 0.15) is 78.4 Å². The summed E-state index contributed by atoms with van der Waals surface area (Å²) in [4.78, 5) is 13.0. The van der Waals surface area contributed by atoms with Crippen molar-refractivity contribution in [1.29, 1.82) is 0 Å². The van der Waals surface area contributed by atoms with E-state index in [0.29, 0.717) is 6.54 Å². The van der Waals surface area contributed by atoms with Gasteiger partial charge in [0.1, 0.15) is 6.61 Å². The van der Waals surface area contributed by atoms with E-state index in [1.807, 2.05) is 12.1 Å². The average molecular weight is 540 g/mol. The van der Waals surface area contributed by atoms with Crippen LogP contribution in [0.3, 0.4) is 0 Å². The molecule has 0 aromatic heterocycles. The molecule has 0 heterocycles. The predicted molar refractivity (Wildman–Crippen MR) is 159 cm³/mol. The van der Waals surface area contributed by atoms with E-state index in [1.165, 1.54) is 22.3 Å². The average Bonchev–Trinajstić information content (AvgIpc) is 3.21. The molecule has 5 nitrogen and oxygen atoms in total. The van der Waals surface area contributed by atoms with Crippen LogP contribution < -0.4 is 5.32 Å². The number of amides is 1. The van der Waals surface area contributed by atoms with Gasteiger partial charge in [0.05, 0.1) is 12.7 Å². The Labute approximate surface area is 231 Å². The number of carbonyl (C=O) groups is 1. The molecule has 2 aromatic rings. The summed E-state index contributed by atoms with van der Waals surface area (Å²) in [6.07, 6.45) is 0.944. The van der Waals surface area contributed by atoms with Crippen LogP contribution in [0.4, 0.5) is 4.79 Å². The number of alkyl carbamates (subject to hydrolysis) is 1. The minimum Gasteiger partial charge on any atom is -0.449 e. The van der Waals surface area contributed by atoms with E-state index in [9.17, 15) is 9.90 Å². The number of benzene rings is 2. The first-order chi connectivity index (χ1) is 17.7. The highest BCUT2D eigenvalue weighted by molar-refractivity contribution is 6.74. The van der Waals surface area contributed by atoms with E-state index in [2.05, 4.69) is 103 Å². The number of aliphatic hydroxyl groups is 1. The second-order valence-electron chi connectivity index (χ2n) is 13.1. The third kappa shape index (κ3) is 6.03. The second kappa shape index (κ2) is 11.5. The Morgan fingerprint density at radius 1 is 0.921 bits per heavy atom. The van der Waals surface area contributed by atoms with Crippen molar-refractivity contribution in [3.8, 4) is 11.1 Å². The lowest BCUT2D eigenvalue weighted by molar-refractivity contribution is -0.0740. The Hall–Kier alpha value is -2.15. The maximum Gasteiger partial charge on any atom is 0.407 e. The van der Waals surface area contributed by atoms with Crippen molar-refractivity contribution < 1.29 is 19.1 Å². The van der Waals surface area contributed by atoms with Gasteiger partial charge in [0.15, 0.2) is 8.32 Å². The monoisotopic (exact) mass is 539 g/mol. The van der Waals surface area contributed by atoms with Crippen LogP contribution in [0.25, 0.3) is 11.1 Å². The Morgan fingerprint density at radius 2 is 1.42 bits per heavy atom. The van der Waals surface area contributed by atoms with Gasteiger partial charge in [-0.2, -0.15) is 0 Å². The maximum atomic E-state index is 13.0. The smallest absolute Gasteiger partial charge is 0.407 e. The van der Waals surface area contributed by atoms with E-state index in [4.69, 9.17) is 9.16 Å². The molecule has 0 saturated heterocycles. The van der Waals surface area contributed by atoms with Crippen LogP contribution in [-0.2, 0) is 9.16 Å². The molecule has 0 spiro atoms. The summed E-state index contributed by atoms with van der Waals surface area (Å²) in [7, 11) is -2.15. The normalized spacial score (nSPS) is 17.6. The second-order valence-corrected chi connectivity index (χ2v) is 17.9. The minimum atomic E-state index is -2.15. The van der Waals surface area contributed by atoms with E-state index in [1.54, 1.807) is 0 Å². The van der Waals surface area contributed by atoms with Crippen LogP contribution in [0, 0.1) is 10.8 Å². The van der Waals surface area contributed by atoms with Crippen molar-refractivity contribution in [1.82, 2.24) is 5.32 Å². The molecule has 6 heteroatoms. The number of hydrogen-bond donors (Lipinski definition) is 2. The van der Waals surface area contributed by atoms with Crippen LogP contribution in [-0.4, -0.2) is 45.4 Å². The number of ether oxygens (including phenoxy) is 1. The SMILES string of the molecule is CCC(C)(CO)C(O[Si](C)(C)C(C)(C)C)C(C)(CC)CNC(=O)OCC1c2ccccc2-c2ccccc21. The maximum absolute atomic E-state index is 13.0. The summed E-state index contributed by atoms with van der Waals surface area (Å²) in [5.41, 5.74) is 4.01. The van der Waals surface area contributed by atoms with Gasteiger partial charge in [-0.15, -0.1) is 0 Å². The van der Waals surface area contributed by atoms with Gasteiger partial charge >= 0.3 is 6.09 Å². The molecule has 1 amide bonds. The molecule has 2 aromatic carbocycles. The molecule has 0 fully saturated rings.